The third-order valence-electron chi connectivity index (χ3n) is 6.56. The summed E-state index contributed by atoms with van der Waals surface area (Å²) in [5.41, 5.74) is 7.23. The molecule has 3 N–H and O–H groups in total. The molecule has 0 fully saturated rings. The number of hydrogen-bond acceptors (Lipinski definition) is 6. The van der Waals surface area contributed by atoms with Crippen LogP contribution in [0.25, 0.3) is 0 Å². The summed E-state index contributed by atoms with van der Waals surface area (Å²) in [6.07, 6.45) is 4.86. The van der Waals surface area contributed by atoms with Gasteiger partial charge < -0.3 is 20.5 Å². The molecule has 1 aliphatic heterocycles. The fourth-order valence-electron chi connectivity index (χ4n) is 4.62. The van der Waals surface area contributed by atoms with Crippen molar-refractivity contribution in [3.63, 3.8) is 0 Å². The molecule has 5 rings (SSSR count). The number of carbonyl (C=O) groups excluding carboxylic acids is 1. The molecule has 36 heavy (non-hydrogen) atoms. The number of nitrogens with one attached hydrogen (secondary N) is 2. The van der Waals surface area contributed by atoms with Gasteiger partial charge in [0.15, 0.2) is 5.78 Å². The number of hydrogen-bond donors (Lipinski definition) is 3. The number of fused-ring (bicyclic) bond motifs is 2. The molecule has 0 amide bonds. The van der Waals surface area contributed by atoms with E-state index in [-0.39, 0.29) is 11.5 Å². The molecule has 0 unspecified atom stereocenters. The van der Waals surface area contributed by atoms with Gasteiger partial charge in [0.05, 0.1) is 18.4 Å². The van der Waals surface area contributed by atoms with Gasteiger partial charge in [-0.25, -0.2) is 4.98 Å². The van der Waals surface area contributed by atoms with Gasteiger partial charge in [-0.15, -0.1) is 0 Å². The van der Waals surface area contributed by atoms with Gasteiger partial charge in [0.2, 0.25) is 0 Å². The highest BCUT2D eigenvalue weighted by Gasteiger charge is 2.24. The molecule has 0 bridgehead atoms. The fourth-order valence-corrected chi connectivity index (χ4v) is 4.62. The van der Waals surface area contributed by atoms with Crippen molar-refractivity contribution >= 4 is 28.7 Å². The second kappa shape index (κ2) is 10.1. The Morgan fingerprint density at radius 1 is 1.00 bits per heavy atom. The molecule has 3 aromatic carbocycles. The Balaban J connectivity index is 1.34. The number of phenolic OH excluding ortho intramolecular Hbond substituents is 1. The number of ketones is 1. The monoisotopic (exact) mass is 479 g/mol. The number of methoxy groups -OCH3 is 1. The van der Waals surface area contributed by atoms with Crippen LogP contribution >= 0.6 is 0 Å². The van der Waals surface area contributed by atoms with Gasteiger partial charge in [-0.3, -0.25) is 4.79 Å². The predicted molar refractivity (Wildman–Crippen MR) is 143 cm³/mol. The number of benzene rings is 3. The van der Waals surface area contributed by atoms with Crippen molar-refractivity contribution in [1.82, 2.24) is 4.98 Å². The number of nitrogens with zero attached hydrogens (tertiary/aromatic N) is 1. The number of Topliss-reactive ketones (excluding diaryl/α,β-unsaturated/α-hetero) is 1. The summed E-state index contributed by atoms with van der Waals surface area (Å²) in [5, 5.41) is 16.6. The number of aromatic nitrogens is 1. The van der Waals surface area contributed by atoms with Crippen LogP contribution in [0.15, 0.2) is 72.9 Å². The van der Waals surface area contributed by atoms with E-state index in [1.54, 1.807) is 31.5 Å². The van der Waals surface area contributed by atoms with Crippen LogP contribution in [0.2, 0.25) is 0 Å². The van der Waals surface area contributed by atoms with E-state index in [9.17, 15) is 9.90 Å². The van der Waals surface area contributed by atoms with Crippen molar-refractivity contribution in [3.8, 4) is 11.5 Å². The summed E-state index contributed by atoms with van der Waals surface area (Å²) in [5.74, 6) is 1.58. The molecule has 1 aromatic heterocycles. The topological polar surface area (TPSA) is 83.5 Å². The molecule has 6 nitrogen and oxygen atoms in total. The van der Waals surface area contributed by atoms with Crippen LogP contribution in [0.4, 0.5) is 22.9 Å². The number of pyridine rings is 1. The summed E-state index contributed by atoms with van der Waals surface area (Å²) < 4.78 is 5.32. The summed E-state index contributed by atoms with van der Waals surface area (Å²) in [7, 11) is 1.69. The lowest BCUT2D eigenvalue weighted by Crippen LogP contribution is -2.08. The summed E-state index contributed by atoms with van der Waals surface area (Å²) >= 11 is 0. The lowest BCUT2D eigenvalue weighted by molar-refractivity contribution is 0.0995. The number of anilines is 4. The smallest absolute Gasteiger partial charge is 0.173 e. The molecule has 4 aromatic rings. The van der Waals surface area contributed by atoms with Crippen molar-refractivity contribution in [3.05, 3.63) is 101 Å². The van der Waals surface area contributed by atoms with E-state index < -0.39 is 0 Å². The molecule has 6 heteroatoms. The van der Waals surface area contributed by atoms with Crippen LogP contribution in [-0.2, 0) is 19.3 Å². The second-order valence-corrected chi connectivity index (χ2v) is 9.13. The Hall–Kier alpha value is -4.32. The van der Waals surface area contributed by atoms with E-state index in [1.165, 1.54) is 11.1 Å². The van der Waals surface area contributed by atoms with E-state index in [0.29, 0.717) is 23.5 Å². The van der Waals surface area contributed by atoms with Crippen molar-refractivity contribution in [2.45, 2.75) is 32.6 Å². The van der Waals surface area contributed by atoms with Crippen molar-refractivity contribution < 1.29 is 14.6 Å². The Labute approximate surface area is 211 Å². The highest BCUT2D eigenvalue weighted by Crippen LogP contribution is 2.35. The van der Waals surface area contributed by atoms with E-state index in [2.05, 4.69) is 39.9 Å². The van der Waals surface area contributed by atoms with Crippen molar-refractivity contribution in [2.24, 2.45) is 0 Å². The first-order valence-electron chi connectivity index (χ1n) is 12.1. The standard InChI is InChI=1S/C30H29N3O3/c1-19-9-11-23(34)18-27(19)32-26-13-14-31-30-29(26)28(35)17-22-15-21(10-12-25(22)33-30)6-3-5-20-7-4-8-24(16-20)36-2/h4,7-16,18,34H,3,5-6,17H2,1-2H3,(H2,31,32,33). The van der Waals surface area contributed by atoms with Gasteiger partial charge in [0.25, 0.3) is 0 Å². The van der Waals surface area contributed by atoms with E-state index in [4.69, 9.17) is 4.74 Å². The van der Waals surface area contributed by atoms with E-state index >= 15 is 0 Å². The predicted octanol–water partition coefficient (Wildman–Crippen LogP) is 6.51. The maximum absolute atomic E-state index is 13.4. The van der Waals surface area contributed by atoms with Crippen LogP contribution in [-0.4, -0.2) is 23.0 Å². The van der Waals surface area contributed by atoms with Crippen LogP contribution in [0, 0.1) is 6.92 Å². The van der Waals surface area contributed by atoms with Gasteiger partial charge >= 0.3 is 0 Å². The van der Waals surface area contributed by atoms with Crippen LogP contribution in [0.1, 0.15) is 39.0 Å². The Morgan fingerprint density at radius 3 is 2.67 bits per heavy atom. The third-order valence-corrected chi connectivity index (χ3v) is 6.56. The minimum atomic E-state index is -0.00168. The van der Waals surface area contributed by atoms with Crippen molar-refractivity contribution in [1.29, 1.82) is 0 Å². The Kier molecular flexibility index (Phi) is 6.58. The van der Waals surface area contributed by atoms with Gasteiger partial charge in [-0.1, -0.05) is 30.3 Å². The number of ether oxygens (including phenoxy) is 1. The zero-order valence-corrected chi connectivity index (χ0v) is 20.5. The quantitative estimate of drug-likeness (QED) is 0.280. The Bertz CT molecular complexity index is 1430. The minimum absolute atomic E-state index is 0.00168. The molecule has 2 heterocycles. The molecule has 0 atom stereocenters. The third kappa shape index (κ3) is 5.03. The number of carbonyl (C=O) groups is 1. The molecule has 1 aliphatic rings. The summed E-state index contributed by atoms with van der Waals surface area (Å²) in [6.45, 7) is 1.95. The fraction of sp³-hybridized carbons (Fsp3) is 0.200. The molecule has 182 valence electrons. The lowest BCUT2D eigenvalue weighted by Gasteiger charge is -2.15. The lowest BCUT2D eigenvalue weighted by atomic mass is 9.98. The van der Waals surface area contributed by atoms with Gasteiger partial charge in [0.1, 0.15) is 17.3 Å². The minimum Gasteiger partial charge on any atom is -0.508 e. The average molecular weight is 480 g/mol. The first kappa shape index (κ1) is 23.4. The molecule has 0 saturated carbocycles. The van der Waals surface area contributed by atoms with E-state index in [0.717, 1.165) is 47.5 Å². The van der Waals surface area contributed by atoms with Crippen molar-refractivity contribution in [2.75, 3.05) is 17.7 Å². The molecule has 0 aliphatic carbocycles. The summed E-state index contributed by atoms with van der Waals surface area (Å²) in [6, 6.07) is 21.4. The normalized spacial score (nSPS) is 12.2. The van der Waals surface area contributed by atoms with Crippen LogP contribution in [0.5, 0.6) is 11.5 Å². The molecular weight excluding hydrogens is 450 g/mol. The summed E-state index contributed by atoms with van der Waals surface area (Å²) in [4.78, 5) is 17.9. The number of rotatable bonds is 7. The second-order valence-electron chi connectivity index (χ2n) is 9.13. The molecule has 0 saturated heterocycles. The average Bonchev–Trinajstić information content (AvgIpc) is 3.02. The van der Waals surface area contributed by atoms with Crippen LogP contribution < -0.4 is 15.4 Å². The highest BCUT2D eigenvalue weighted by atomic mass is 16.5. The maximum Gasteiger partial charge on any atom is 0.173 e. The number of aromatic hydroxyl groups is 1. The largest absolute Gasteiger partial charge is 0.508 e. The van der Waals surface area contributed by atoms with Gasteiger partial charge in [0, 0.05) is 30.1 Å². The number of aryl methyl sites for hydroxylation is 3. The maximum atomic E-state index is 13.4. The van der Waals surface area contributed by atoms with Crippen LogP contribution in [0.3, 0.4) is 0 Å². The number of phenols is 1. The molecule has 0 radical (unpaired) electrons. The SMILES string of the molecule is COc1cccc(CCCc2ccc3c(c2)CC(=O)c2c(Nc4cc(O)ccc4C)ccnc2N3)c1. The van der Waals surface area contributed by atoms with E-state index in [1.807, 2.05) is 31.2 Å². The zero-order chi connectivity index (χ0) is 25.1. The molecule has 0 spiro atoms. The Morgan fingerprint density at radius 2 is 1.83 bits per heavy atom. The first-order chi connectivity index (χ1) is 17.5. The molecular formula is C30H29N3O3. The van der Waals surface area contributed by atoms with Gasteiger partial charge in [-0.05, 0) is 78.8 Å². The zero-order valence-electron chi connectivity index (χ0n) is 20.5. The first-order valence-corrected chi connectivity index (χ1v) is 12.1. The highest BCUT2D eigenvalue weighted by molar-refractivity contribution is 6.09. The van der Waals surface area contributed by atoms with Gasteiger partial charge in [-0.2, -0.15) is 0 Å².